The minimum absolute atomic E-state index is 0.0976. The molecule has 0 bridgehead atoms. The van der Waals surface area contributed by atoms with Gasteiger partial charge in [-0.05, 0) is 49.0 Å². The number of hydrogen-bond donors (Lipinski definition) is 1. The second-order valence-corrected chi connectivity index (χ2v) is 7.06. The Labute approximate surface area is 168 Å². The van der Waals surface area contributed by atoms with Crippen molar-refractivity contribution in [3.63, 3.8) is 0 Å². The Morgan fingerprint density at radius 2 is 1.86 bits per heavy atom. The maximum atomic E-state index is 5.79. The highest BCUT2D eigenvalue weighted by Crippen LogP contribution is 2.23. The third-order valence-electron chi connectivity index (χ3n) is 4.25. The zero-order valence-electron chi connectivity index (χ0n) is 15.7. The summed E-state index contributed by atoms with van der Waals surface area (Å²) in [5.74, 6) is 1.42. The Morgan fingerprint density at radius 3 is 2.71 bits per heavy atom. The van der Waals surface area contributed by atoms with E-state index in [0.717, 1.165) is 22.3 Å². The van der Waals surface area contributed by atoms with Gasteiger partial charge in [0.2, 0.25) is 4.77 Å². The van der Waals surface area contributed by atoms with Crippen LogP contribution in [0.1, 0.15) is 19.4 Å². The monoisotopic (exact) mass is 388 g/mol. The average molecular weight is 388 g/mol. The van der Waals surface area contributed by atoms with Crippen molar-refractivity contribution in [1.29, 1.82) is 0 Å². The molecule has 4 aromatic rings. The van der Waals surface area contributed by atoms with Crippen LogP contribution in [-0.2, 0) is 0 Å². The summed E-state index contributed by atoms with van der Waals surface area (Å²) < 4.78 is 7.85. The van der Waals surface area contributed by atoms with Crippen LogP contribution in [0.4, 0.5) is 0 Å². The van der Waals surface area contributed by atoms with Crippen LogP contribution < -0.4 is 4.74 Å². The first-order valence-corrected chi connectivity index (χ1v) is 9.49. The van der Waals surface area contributed by atoms with Crippen molar-refractivity contribution in [2.24, 2.45) is 5.10 Å². The van der Waals surface area contributed by atoms with E-state index in [1.807, 2.05) is 68.6 Å². The van der Waals surface area contributed by atoms with Gasteiger partial charge < -0.3 is 4.74 Å². The smallest absolute Gasteiger partial charge is 0.216 e. The van der Waals surface area contributed by atoms with Crippen LogP contribution in [0.25, 0.3) is 22.2 Å². The summed E-state index contributed by atoms with van der Waals surface area (Å²) in [5, 5.41) is 14.1. The number of hydrogen-bond acceptors (Lipinski definition) is 4. The van der Waals surface area contributed by atoms with Crippen LogP contribution >= 0.6 is 12.2 Å². The molecule has 0 fully saturated rings. The van der Waals surface area contributed by atoms with E-state index in [9.17, 15) is 0 Å². The van der Waals surface area contributed by atoms with Gasteiger partial charge in [0.05, 0.1) is 12.3 Å². The van der Waals surface area contributed by atoms with Crippen molar-refractivity contribution in [2.45, 2.75) is 20.0 Å². The molecule has 1 N–H and O–H groups in total. The Hall–Kier alpha value is -3.25. The second-order valence-electron chi connectivity index (χ2n) is 6.67. The van der Waals surface area contributed by atoms with Gasteiger partial charge in [0.15, 0.2) is 5.82 Å². The number of nitrogens with zero attached hydrogens (tertiary/aromatic N) is 3. The minimum Gasteiger partial charge on any atom is -0.491 e. The zero-order chi connectivity index (χ0) is 19.5. The Bertz CT molecular complexity index is 1200. The van der Waals surface area contributed by atoms with Crippen molar-refractivity contribution in [3.05, 3.63) is 77.1 Å². The number of aromatic amines is 1. The molecule has 0 saturated heterocycles. The van der Waals surface area contributed by atoms with Gasteiger partial charge in [0.25, 0.3) is 0 Å². The van der Waals surface area contributed by atoms with E-state index in [2.05, 4.69) is 33.5 Å². The lowest BCUT2D eigenvalue weighted by Gasteiger charge is -2.10. The lowest BCUT2D eigenvalue weighted by atomic mass is 10.1. The van der Waals surface area contributed by atoms with E-state index in [4.69, 9.17) is 17.0 Å². The summed E-state index contributed by atoms with van der Waals surface area (Å²) in [7, 11) is 0. The molecule has 4 rings (SSSR count). The summed E-state index contributed by atoms with van der Waals surface area (Å²) in [5.41, 5.74) is 1.89. The molecule has 140 valence electrons. The normalized spacial score (nSPS) is 11.5. The van der Waals surface area contributed by atoms with Gasteiger partial charge in [-0.1, -0.05) is 54.6 Å². The summed E-state index contributed by atoms with van der Waals surface area (Å²) in [4.78, 5) is 0. The molecule has 5 nitrogen and oxygen atoms in total. The summed E-state index contributed by atoms with van der Waals surface area (Å²) in [6, 6.07) is 22.1. The van der Waals surface area contributed by atoms with E-state index in [0.29, 0.717) is 10.6 Å². The zero-order valence-corrected chi connectivity index (χ0v) is 16.5. The number of ether oxygens (including phenoxy) is 1. The molecule has 0 aliphatic heterocycles. The van der Waals surface area contributed by atoms with E-state index >= 15 is 0 Å². The first-order valence-electron chi connectivity index (χ1n) is 9.08. The molecule has 1 aromatic heterocycles. The number of fused-ring (bicyclic) bond motifs is 1. The van der Waals surface area contributed by atoms with Crippen molar-refractivity contribution in [3.8, 4) is 17.1 Å². The number of nitrogens with one attached hydrogen (secondary N) is 1. The molecule has 0 spiro atoms. The SMILES string of the molecule is CC(C)Oc1cccc(-c2n[nH]c(=S)n2/N=C/c2cccc3ccccc23)c1. The van der Waals surface area contributed by atoms with Crippen LogP contribution in [0, 0.1) is 4.77 Å². The highest BCUT2D eigenvalue weighted by Gasteiger charge is 2.10. The predicted molar refractivity (Wildman–Crippen MR) is 116 cm³/mol. The van der Waals surface area contributed by atoms with E-state index in [1.54, 1.807) is 4.68 Å². The van der Waals surface area contributed by atoms with Crippen LogP contribution in [0.15, 0.2) is 71.8 Å². The lowest BCUT2D eigenvalue weighted by Crippen LogP contribution is -2.05. The Balaban J connectivity index is 1.73. The van der Waals surface area contributed by atoms with E-state index in [-0.39, 0.29) is 6.10 Å². The van der Waals surface area contributed by atoms with E-state index in [1.165, 1.54) is 5.39 Å². The van der Waals surface area contributed by atoms with Gasteiger partial charge in [0, 0.05) is 11.1 Å². The molecule has 0 radical (unpaired) electrons. The molecule has 1 heterocycles. The highest BCUT2D eigenvalue weighted by molar-refractivity contribution is 7.71. The van der Waals surface area contributed by atoms with Gasteiger partial charge in [-0.3, -0.25) is 0 Å². The van der Waals surface area contributed by atoms with Crippen LogP contribution in [-0.4, -0.2) is 27.2 Å². The van der Waals surface area contributed by atoms with Crippen molar-refractivity contribution in [1.82, 2.24) is 14.9 Å². The quantitative estimate of drug-likeness (QED) is 0.366. The van der Waals surface area contributed by atoms with Gasteiger partial charge in [-0.2, -0.15) is 14.9 Å². The maximum absolute atomic E-state index is 5.79. The predicted octanol–water partition coefficient (Wildman–Crippen LogP) is 5.43. The fourth-order valence-corrected chi connectivity index (χ4v) is 3.23. The molecule has 0 aliphatic carbocycles. The maximum Gasteiger partial charge on any atom is 0.216 e. The summed E-state index contributed by atoms with van der Waals surface area (Å²) in [6.07, 6.45) is 1.91. The molecule has 0 amide bonds. The molecular weight excluding hydrogens is 368 g/mol. The van der Waals surface area contributed by atoms with Crippen molar-refractivity contribution < 1.29 is 4.74 Å². The first-order chi connectivity index (χ1) is 13.6. The Kier molecular flexibility index (Phi) is 5.04. The molecular formula is C22H20N4OS. The molecule has 0 aliphatic rings. The standard InChI is InChI=1S/C22H20N4OS/c1-15(2)27-19-11-6-9-17(13-19)21-24-25-22(28)26(21)23-14-18-10-5-8-16-7-3-4-12-20(16)18/h3-15H,1-2H3,(H,25,28)/b23-14+. The second kappa shape index (κ2) is 7.78. The Morgan fingerprint density at radius 1 is 1.07 bits per heavy atom. The summed E-state index contributed by atoms with van der Waals surface area (Å²) in [6.45, 7) is 3.99. The molecule has 0 unspecified atom stereocenters. The van der Waals surface area contributed by atoms with Gasteiger partial charge in [-0.15, -0.1) is 0 Å². The number of H-pyrrole nitrogens is 1. The number of aromatic nitrogens is 3. The van der Waals surface area contributed by atoms with Crippen LogP contribution in [0.5, 0.6) is 5.75 Å². The first kappa shape index (κ1) is 18.1. The topological polar surface area (TPSA) is 55.2 Å². The average Bonchev–Trinajstić information content (AvgIpc) is 3.06. The highest BCUT2D eigenvalue weighted by atomic mass is 32.1. The van der Waals surface area contributed by atoms with Gasteiger partial charge in [0.1, 0.15) is 5.75 Å². The van der Waals surface area contributed by atoms with Gasteiger partial charge >= 0.3 is 0 Å². The largest absolute Gasteiger partial charge is 0.491 e. The molecule has 0 atom stereocenters. The molecule has 3 aromatic carbocycles. The van der Waals surface area contributed by atoms with E-state index < -0.39 is 0 Å². The van der Waals surface area contributed by atoms with Crippen molar-refractivity contribution in [2.75, 3.05) is 0 Å². The lowest BCUT2D eigenvalue weighted by molar-refractivity contribution is 0.242. The summed E-state index contributed by atoms with van der Waals surface area (Å²) >= 11 is 5.39. The third-order valence-corrected chi connectivity index (χ3v) is 4.51. The van der Waals surface area contributed by atoms with Crippen LogP contribution in [0.3, 0.4) is 0 Å². The van der Waals surface area contributed by atoms with Crippen molar-refractivity contribution >= 4 is 29.2 Å². The number of rotatable bonds is 5. The minimum atomic E-state index is 0.0976. The molecule has 28 heavy (non-hydrogen) atoms. The fraction of sp³-hybridized carbons (Fsp3) is 0.136. The third kappa shape index (κ3) is 3.73. The molecule has 0 saturated carbocycles. The fourth-order valence-electron chi connectivity index (χ4n) is 3.05. The molecule has 6 heteroatoms. The van der Waals surface area contributed by atoms with Gasteiger partial charge in [-0.25, -0.2) is 5.10 Å². The van der Waals surface area contributed by atoms with Crippen LogP contribution in [0.2, 0.25) is 0 Å². The number of benzene rings is 3.